The van der Waals surface area contributed by atoms with E-state index in [0.717, 1.165) is 38.6 Å². The molecule has 0 aromatic carbocycles. The summed E-state index contributed by atoms with van der Waals surface area (Å²) in [5.41, 5.74) is 0. The van der Waals surface area contributed by atoms with Crippen molar-refractivity contribution in [3.05, 3.63) is 0 Å². The van der Waals surface area contributed by atoms with Crippen molar-refractivity contribution >= 4 is 7.82 Å². The van der Waals surface area contributed by atoms with Crippen molar-refractivity contribution in [1.29, 1.82) is 0 Å². The van der Waals surface area contributed by atoms with Crippen LogP contribution in [0, 0.1) is 0 Å². The van der Waals surface area contributed by atoms with Gasteiger partial charge in [-0.1, -0.05) is 97.8 Å². The molecule has 0 aliphatic carbocycles. The fraction of sp³-hybridized carbons (Fsp3) is 1.00. The lowest BCUT2D eigenvalue weighted by Crippen LogP contribution is -2.27. The molecule has 7 nitrogen and oxygen atoms in total. The van der Waals surface area contributed by atoms with E-state index in [0.29, 0.717) is 19.8 Å². The van der Waals surface area contributed by atoms with E-state index >= 15 is 0 Å². The van der Waals surface area contributed by atoms with Gasteiger partial charge in [-0.2, -0.15) is 0 Å². The summed E-state index contributed by atoms with van der Waals surface area (Å²) in [6.45, 7) is 10.0. The predicted molar refractivity (Wildman–Crippen MR) is 146 cm³/mol. The molecule has 0 aliphatic rings. The van der Waals surface area contributed by atoms with Crippen LogP contribution in [0.15, 0.2) is 0 Å². The van der Waals surface area contributed by atoms with Crippen molar-refractivity contribution in [2.24, 2.45) is 0 Å². The summed E-state index contributed by atoms with van der Waals surface area (Å²) in [7, 11) is -2.15. The number of hydrogen-bond acceptors (Lipinski definition) is 6. The molecule has 0 saturated carbocycles. The summed E-state index contributed by atoms with van der Waals surface area (Å²) in [6, 6.07) is 0. The van der Waals surface area contributed by atoms with Crippen molar-refractivity contribution in [2.75, 3.05) is 53.2 Å². The lowest BCUT2D eigenvalue weighted by Gasteiger charge is -2.22. The highest BCUT2D eigenvalue weighted by molar-refractivity contribution is 7.47. The normalized spacial score (nSPS) is 13.7. The fourth-order valence-corrected chi connectivity index (χ4v) is 4.65. The molecule has 1 atom stereocenters. The second-order valence-corrected chi connectivity index (χ2v) is 11.1. The third-order valence-corrected chi connectivity index (χ3v) is 7.12. The van der Waals surface area contributed by atoms with Gasteiger partial charge in [0.2, 0.25) is 0 Å². The Kier molecular flexibility index (Phi) is 25.6. The maximum atomic E-state index is 12.5. The van der Waals surface area contributed by atoms with Gasteiger partial charge in [-0.05, 0) is 32.9 Å². The maximum absolute atomic E-state index is 12.5. The van der Waals surface area contributed by atoms with E-state index in [-0.39, 0.29) is 19.8 Å². The van der Waals surface area contributed by atoms with Crippen molar-refractivity contribution in [1.82, 2.24) is 4.90 Å². The standard InChI is InChI=1S/C27H58NO6P/c1-5-8-11-14-15-16-17-20-28(4)21-24-33-35(29,30)34-27(25-31-22-18-12-9-6-2)26-32-23-19-13-10-7-3/h27H,5-26H2,1-4H3,(H,29,30). The highest BCUT2D eigenvalue weighted by atomic mass is 31.2. The van der Waals surface area contributed by atoms with Gasteiger partial charge < -0.3 is 19.3 Å². The molecule has 0 aromatic rings. The van der Waals surface area contributed by atoms with Crippen LogP contribution in [-0.4, -0.2) is 69.1 Å². The van der Waals surface area contributed by atoms with Gasteiger partial charge in [-0.3, -0.25) is 9.05 Å². The molecule has 0 spiro atoms. The van der Waals surface area contributed by atoms with Gasteiger partial charge in [0.1, 0.15) is 6.10 Å². The third kappa shape index (κ3) is 25.4. The number of hydrogen-bond donors (Lipinski definition) is 1. The molecule has 0 heterocycles. The number of phosphoric ester groups is 1. The highest BCUT2D eigenvalue weighted by Crippen LogP contribution is 2.44. The Hall–Kier alpha value is -0.0100. The molecule has 0 radical (unpaired) electrons. The van der Waals surface area contributed by atoms with Crippen LogP contribution in [0.4, 0.5) is 0 Å². The molecule has 0 saturated heterocycles. The first-order valence-electron chi connectivity index (χ1n) is 14.4. The minimum absolute atomic E-state index is 0.156. The Labute approximate surface area is 217 Å². The number of nitrogens with zero attached hydrogens (tertiary/aromatic N) is 1. The molecule has 0 bridgehead atoms. The largest absolute Gasteiger partial charge is 0.472 e. The van der Waals surface area contributed by atoms with Crippen molar-refractivity contribution in [2.45, 2.75) is 123 Å². The summed E-state index contributed by atoms with van der Waals surface area (Å²) in [5.74, 6) is 0. The van der Waals surface area contributed by atoms with Gasteiger partial charge in [-0.25, -0.2) is 4.57 Å². The summed E-state index contributed by atoms with van der Waals surface area (Å²) in [4.78, 5) is 12.4. The molecule has 0 aromatic heterocycles. The molecular formula is C27H58NO6P. The van der Waals surface area contributed by atoms with Gasteiger partial charge in [0, 0.05) is 19.8 Å². The monoisotopic (exact) mass is 523 g/mol. The molecule has 35 heavy (non-hydrogen) atoms. The zero-order valence-electron chi connectivity index (χ0n) is 23.5. The Balaban J connectivity index is 4.22. The second kappa shape index (κ2) is 25.6. The average Bonchev–Trinajstić information content (AvgIpc) is 2.82. The van der Waals surface area contributed by atoms with Crippen molar-refractivity contribution < 1.29 is 28.0 Å². The molecule has 8 heteroatoms. The zero-order valence-corrected chi connectivity index (χ0v) is 24.4. The first kappa shape index (κ1) is 35.0. The quantitative estimate of drug-likeness (QED) is 0.0847. The highest BCUT2D eigenvalue weighted by Gasteiger charge is 2.27. The zero-order chi connectivity index (χ0) is 26.0. The van der Waals surface area contributed by atoms with Crippen LogP contribution in [0.2, 0.25) is 0 Å². The minimum Gasteiger partial charge on any atom is -0.379 e. The number of rotatable bonds is 28. The second-order valence-electron chi connectivity index (χ2n) is 9.72. The number of likely N-dealkylation sites (N-methyl/N-ethyl adjacent to an activating group) is 1. The maximum Gasteiger partial charge on any atom is 0.472 e. The van der Waals surface area contributed by atoms with Crippen LogP contribution in [0.3, 0.4) is 0 Å². The van der Waals surface area contributed by atoms with Crippen LogP contribution in [-0.2, 0) is 23.1 Å². The summed E-state index contributed by atoms with van der Waals surface area (Å²) in [6.07, 6.45) is 17.3. The van der Waals surface area contributed by atoms with Gasteiger partial charge >= 0.3 is 7.82 Å². The van der Waals surface area contributed by atoms with E-state index in [9.17, 15) is 9.46 Å². The van der Waals surface area contributed by atoms with Gasteiger partial charge in [0.25, 0.3) is 0 Å². The molecule has 0 amide bonds. The number of unbranched alkanes of at least 4 members (excludes halogenated alkanes) is 12. The van der Waals surface area contributed by atoms with E-state index in [2.05, 4.69) is 25.7 Å². The van der Waals surface area contributed by atoms with E-state index in [4.69, 9.17) is 18.5 Å². The molecule has 1 N–H and O–H groups in total. The Bertz CT molecular complexity index is 467. The van der Waals surface area contributed by atoms with Gasteiger partial charge in [0.15, 0.2) is 0 Å². The first-order valence-corrected chi connectivity index (χ1v) is 15.9. The van der Waals surface area contributed by atoms with Crippen LogP contribution < -0.4 is 0 Å². The van der Waals surface area contributed by atoms with Crippen LogP contribution in [0.1, 0.15) is 117 Å². The SMILES string of the molecule is CCCCCCCCCN(C)CCOP(=O)(O)OC(COCCCCCC)COCCCCCC. The van der Waals surface area contributed by atoms with Crippen LogP contribution in [0.5, 0.6) is 0 Å². The van der Waals surface area contributed by atoms with Crippen LogP contribution >= 0.6 is 7.82 Å². The topological polar surface area (TPSA) is 77.5 Å². The molecule has 0 aliphatic heterocycles. The number of phosphoric acid groups is 1. The van der Waals surface area contributed by atoms with E-state index in [1.807, 2.05) is 7.05 Å². The van der Waals surface area contributed by atoms with Gasteiger partial charge in [-0.15, -0.1) is 0 Å². The lowest BCUT2D eigenvalue weighted by molar-refractivity contribution is -0.0240. The third-order valence-electron chi connectivity index (χ3n) is 6.05. The van der Waals surface area contributed by atoms with Crippen molar-refractivity contribution in [3.63, 3.8) is 0 Å². The lowest BCUT2D eigenvalue weighted by atomic mass is 10.1. The fourth-order valence-electron chi connectivity index (χ4n) is 3.78. The summed E-state index contributed by atoms with van der Waals surface area (Å²) >= 11 is 0. The summed E-state index contributed by atoms with van der Waals surface area (Å²) < 4.78 is 34.6. The van der Waals surface area contributed by atoms with Crippen LogP contribution in [0.25, 0.3) is 0 Å². The summed E-state index contributed by atoms with van der Waals surface area (Å²) in [5, 5.41) is 0. The van der Waals surface area contributed by atoms with Crippen molar-refractivity contribution in [3.8, 4) is 0 Å². The Morgan fingerprint density at radius 2 is 1.11 bits per heavy atom. The van der Waals surface area contributed by atoms with E-state index in [1.165, 1.54) is 64.2 Å². The molecule has 212 valence electrons. The smallest absolute Gasteiger partial charge is 0.379 e. The average molecular weight is 524 g/mol. The number of ether oxygens (including phenoxy) is 2. The van der Waals surface area contributed by atoms with E-state index < -0.39 is 13.9 Å². The molecule has 0 rings (SSSR count). The molecule has 0 fully saturated rings. The van der Waals surface area contributed by atoms with Gasteiger partial charge in [0.05, 0.1) is 19.8 Å². The predicted octanol–water partition coefficient (Wildman–Crippen LogP) is 7.36. The molecular weight excluding hydrogens is 465 g/mol. The Morgan fingerprint density at radius 1 is 0.657 bits per heavy atom. The molecule has 1 unspecified atom stereocenters. The minimum atomic E-state index is -4.17. The van der Waals surface area contributed by atoms with E-state index in [1.54, 1.807) is 0 Å². The Morgan fingerprint density at radius 3 is 1.63 bits per heavy atom. The first-order chi connectivity index (χ1) is 16.9.